The topological polar surface area (TPSA) is 94.1 Å². The number of phosphoric ester groups is 1. The molecule has 0 saturated carbocycles. The van der Waals surface area contributed by atoms with E-state index >= 15 is 0 Å². The summed E-state index contributed by atoms with van der Waals surface area (Å²) in [6.45, 7) is 5.18. The molecule has 0 aliphatic heterocycles. The average molecular weight is 724 g/mol. The fourth-order valence-corrected chi connectivity index (χ4v) is 5.53. The van der Waals surface area contributed by atoms with Gasteiger partial charge in [0, 0.05) is 13.0 Å². The lowest BCUT2D eigenvalue weighted by Gasteiger charge is -2.28. The molecule has 0 aromatic carbocycles. The lowest BCUT2D eigenvalue weighted by atomic mass is 10.1. The lowest BCUT2D eigenvalue weighted by Crippen LogP contribution is -2.37. The van der Waals surface area contributed by atoms with Gasteiger partial charge in [0.2, 0.25) is 0 Å². The van der Waals surface area contributed by atoms with Crippen molar-refractivity contribution >= 4 is 13.8 Å². The van der Waals surface area contributed by atoms with Gasteiger partial charge in [-0.15, -0.1) is 0 Å². The Balaban J connectivity index is 4.27. The van der Waals surface area contributed by atoms with Crippen LogP contribution in [-0.2, 0) is 27.9 Å². The minimum absolute atomic E-state index is 0.0186. The van der Waals surface area contributed by atoms with Gasteiger partial charge in [-0.1, -0.05) is 132 Å². The molecule has 0 spiro atoms. The summed E-state index contributed by atoms with van der Waals surface area (Å²) in [4.78, 5) is 24.8. The van der Waals surface area contributed by atoms with E-state index in [4.69, 9.17) is 18.5 Å². The summed E-state index contributed by atoms with van der Waals surface area (Å²) in [7, 11) is 1.33. The highest BCUT2D eigenvalue weighted by Crippen LogP contribution is 2.38. The number of ether oxygens (including phenoxy) is 2. The number of allylic oxidation sites excluding steroid dienone is 10. The van der Waals surface area contributed by atoms with Crippen LogP contribution < -0.4 is 4.89 Å². The molecule has 0 amide bonds. The Morgan fingerprint density at radius 3 is 1.74 bits per heavy atom. The summed E-state index contributed by atoms with van der Waals surface area (Å²) >= 11 is 0. The summed E-state index contributed by atoms with van der Waals surface area (Å²) < 4.78 is 34.3. The van der Waals surface area contributed by atoms with Crippen LogP contribution in [0, 0.1) is 0 Å². The van der Waals surface area contributed by atoms with E-state index in [-0.39, 0.29) is 25.8 Å². The molecule has 9 heteroatoms. The molecule has 0 radical (unpaired) electrons. The van der Waals surface area contributed by atoms with Gasteiger partial charge >= 0.3 is 5.97 Å². The number of hydrogen-bond acceptors (Lipinski definition) is 7. The SMILES string of the molecule is CC/C=C\C/C=C\C/C=C\C/C=C\C/C=C\CCCCCCOCC(COP(=O)([O-])OCC[N+](C)(C)C)OC(=O)CCCCCCCCCC. The summed E-state index contributed by atoms with van der Waals surface area (Å²) in [5, 5.41) is 0. The molecule has 2 atom stereocenters. The molecule has 0 aromatic rings. The molecule has 0 fully saturated rings. The van der Waals surface area contributed by atoms with Gasteiger partial charge in [-0.3, -0.25) is 9.36 Å². The maximum absolute atomic E-state index is 12.5. The van der Waals surface area contributed by atoms with Crippen LogP contribution in [0.2, 0.25) is 0 Å². The maximum atomic E-state index is 12.5. The third kappa shape index (κ3) is 37.5. The molecule has 0 heterocycles. The van der Waals surface area contributed by atoms with E-state index in [1.165, 1.54) is 32.1 Å². The minimum atomic E-state index is -4.52. The van der Waals surface area contributed by atoms with Crippen molar-refractivity contribution < 1.29 is 37.3 Å². The molecule has 0 rings (SSSR count). The molecule has 8 nitrogen and oxygen atoms in total. The van der Waals surface area contributed by atoms with Crippen LogP contribution in [0.4, 0.5) is 0 Å². The normalized spacial score (nSPS) is 14.6. The van der Waals surface area contributed by atoms with E-state index in [1.807, 2.05) is 21.1 Å². The summed E-state index contributed by atoms with van der Waals surface area (Å²) in [5.41, 5.74) is 0. The van der Waals surface area contributed by atoms with Crippen molar-refractivity contribution in [2.45, 2.75) is 142 Å². The molecule has 50 heavy (non-hydrogen) atoms. The van der Waals surface area contributed by atoms with E-state index in [0.29, 0.717) is 24.1 Å². The molecule has 0 aliphatic carbocycles. The highest BCUT2D eigenvalue weighted by molar-refractivity contribution is 7.45. The fourth-order valence-electron chi connectivity index (χ4n) is 4.81. The highest BCUT2D eigenvalue weighted by Gasteiger charge is 2.20. The van der Waals surface area contributed by atoms with Crippen molar-refractivity contribution in [3.05, 3.63) is 60.8 Å². The zero-order valence-electron chi connectivity index (χ0n) is 32.6. The second-order valence-electron chi connectivity index (χ2n) is 13.9. The number of likely N-dealkylation sites (N-methyl/N-ethyl adjacent to an activating group) is 1. The lowest BCUT2D eigenvalue weighted by molar-refractivity contribution is -0.870. The Morgan fingerprint density at radius 2 is 1.16 bits per heavy atom. The largest absolute Gasteiger partial charge is 0.756 e. The molecular weight excluding hydrogens is 649 g/mol. The number of hydrogen-bond donors (Lipinski definition) is 0. The van der Waals surface area contributed by atoms with Crippen LogP contribution in [0.25, 0.3) is 0 Å². The Hall–Kier alpha value is -1.80. The predicted octanol–water partition coefficient (Wildman–Crippen LogP) is 10.4. The van der Waals surface area contributed by atoms with E-state index in [9.17, 15) is 14.3 Å². The van der Waals surface area contributed by atoms with Gasteiger partial charge in [0.25, 0.3) is 7.82 Å². The van der Waals surface area contributed by atoms with Crippen molar-refractivity contribution in [2.24, 2.45) is 0 Å². The first-order valence-electron chi connectivity index (χ1n) is 19.5. The number of carbonyl (C=O) groups is 1. The van der Waals surface area contributed by atoms with E-state index in [0.717, 1.165) is 83.5 Å². The van der Waals surface area contributed by atoms with E-state index in [2.05, 4.69) is 74.6 Å². The second-order valence-corrected chi connectivity index (χ2v) is 15.3. The average Bonchev–Trinajstić information content (AvgIpc) is 3.06. The van der Waals surface area contributed by atoms with Gasteiger partial charge in [-0.25, -0.2) is 0 Å². The molecule has 290 valence electrons. The Kier molecular flexibility index (Phi) is 33.1. The van der Waals surface area contributed by atoms with Crippen molar-refractivity contribution in [2.75, 3.05) is 54.1 Å². The van der Waals surface area contributed by atoms with Crippen molar-refractivity contribution in [3.63, 3.8) is 0 Å². The van der Waals surface area contributed by atoms with E-state index in [1.54, 1.807) is 0 Å². The first-order valence-corrected chi connectivity index (χ1v) is 21.0. The monoisotopic (exact) mass is 724 g/mol. The molecule has 0 N–H and O–H groups in total. The van der Waals surface area contributed by atoms with Gasteiger partial charge < -0.3 is 27.9 Å². The van der Waals surface area contributed by atoms with Crippen LogP contribution >= 0.6 is 7.82 Å². The zero-order valence-corrected chi connectivity index (χ0v) is 33.5. The minimum Gasteiger partial charge on any atom is -0.756 e. The number of unbranched alkanes of at least 4 members (excludes halogenated alkanes) is 11. The number of rotatable bonds is 35. The molecule has 0 aliphatic rings. The Morgan fingerprint density at radius 1 is 0.640 bits per heavy atom. The predicted molar refractivity (Wildman–Crippen MR) is 208 cm³/mol. The quantitative estimate of drug-likeness (QED) is 0.0211. The summed E-state index contributed by atoms with van der Waals surface area (Å²) in [5.74, 6) is -0.352. The van der Waals surface area contributed by atoms with Crippen LogP contribution in [-0.4, -0.2) is 70.7 Å². The number of phosphoric acid groups is 1. The molecule has 0 bridgehead atoms. The summed E-state index contributed by atoms with van der Waals surface area (Å²) in [6, 6.07) is 0. The number of esters is 1. The first kappa shape index (κ1) is 48.2. The molecule has 0 saturated heterocycles. The molecule has 0 aromatic heterocycles. The number of quaternary nitrogens is 1. The van der Waals surface area contributed by atoms with Crippen molar-refractivity contribution in [1.29, 1.82) is 0 Å². The van der Waals surface area contributed by atoms with Crippen LogP contribution in [0.1, 0.15) is 136 Å². The standard InChI is InChI=1S/C41H74NO7P/c1-6-8-10-12-14-16-17-18-19-20-21-22-23-24-25-26-27-29-31-33-36-46-38-40(39-48-50(44,45)47-37-35-42(3,4)5)49-41(43)34-32-30-28-15-13-11-9-7-2/h8,10,14,16,18-19,21-22,24-25,40H,6-7,9,11-13,15,17,20,23,26-39H2,1-5H3/b10-8-,16-14-,19-18-,22-21-,25-24-. The first-order chi connectivity index (χ1) is 24.1. The maximum Gasteiger partial charge on any atom is 0.306 e. The van der Waals surface area contributed by atoms with Gasteiger partial charge in [-0.2, -0.15) is 0 Å². The number of carbonyl (C=O) groups excluding carboxylic acids is 1. The van der Waals surface area contributed by atoms with Crippen LogP contribution in [0.15, 0.2) is 60.8 Å². The van der Waals surface area contributed by atoms with Gasteiger partial charge in [0.15, 0.2) is 0 Å². The highest BCUT2D eigenvalue weighted by atomic mass is 31.2. The van der Waals surface area contributed by atoms with E-state index < -0.39 is 13.9 Å². The van der Waals surface area contributed by atoms with Crippen molar-refractivity contribution in [3.8, 4) is 0 Å². The molecular formula is C41H74NO7P. The third-order valence-electron chi connectivity index (χ3n) is 7.83. The third-order valence-corrected chi connectivity index (χ3v) is 8.80. The van der Waals surface area contributed by atoms with Gasteiger partial charge in [0.1, 0.15) is 19.3 Å². The zero-order chi connectivity index (χ0) is 37.0. The van der Waals surface area contributed by atoms with Crippen LogP contribution in [0.3, 0.4) is 0 Å². The Labute approximate surface area is 307 Å². The second kappa shape index (κ2) is 34.3. The fraction of sp³-hybridized carbons (Fsp3) is 0.732. The van der Waals surface area contributed by atoms with Crippen molar-refractivity contribution in [1.82, 2.24) is 0 Å². The van der Waals surface area contributed by atoms with Gasteiger partial charge in [-0.05, 0) is 57.8 Å². The summed E-state index contributed by atoms with van der Waals surface area (Å²) in [6.07, 6.45) is 41.0. The molecule has 2 unspecified atom stereocenters. The number of nitrogens with zero attached hydrogens (tertiary/aromatic N) is 1. The Bertz CT molecular complexity index is 984. The smallest absolute Gasteiger partial charge is 0.306 e. The van der Waals surface area contributed by atoms with Crippen LogP contribution in [0.5, 0.6) is 0 Å². The van der Waals surface area contributed by atoms with Gasteiger partial charge in [0.05, 0.1) is 34.4 Å².